The Morgan fingerprint density at radius 2 is 1.43 bits per heavy atom. The van der Waals surface area contributed by atoms with Gasteiger partial charge in [0.2, 0.25) is 0 Å². The molecular weight excluding hydrogens is 108 g/mol. The van der Waals surface area contributed by atoms with Gasteiger partial charge in [-0.15, -0.1) is 0 Å². The summed E-state index contributed by atoms with van der Waals surface area (Å²) in [5.41, 5.74) is 0. The Morgan fingerprint density at radius 1 is 1.43 bits per heavy atom. The van der Waals surface area contributed by atoms with E-state index in [0.717, 1.165) is 6.92 Å². The standard InChI is InChI=1S/C2H4O2.2FH.H3N/c1-2(3)4;;;/h1H3,(H,3,4);2*1H;1H3. The van der Waals surface area contributed by atoms with Gasteiger partial charge in [-0.1, -0.05) is 0 Å². The summed E-state index contributed by atoms with van der Waals surface area (Å²) in [6.07, 6.45) is 0. The van der Waals surface area contributed by atoms with E-state index >= 15 is 0 Å². The van der Waals surface area contributed by atoms with E-state index in [1.807, 2.05) is 0 Å². The zero-order chi connectivity index (χ0) is 3.58. The van der Waals surface area contributed by atoms with Gasteiger partial charge in [0, 0.05) is 6.92 Å². The summed E-state index contributed by atoms with van der Waals surface area (Å²) in [7, 11) is 0. The molecule has 0 aliphatic rings. The smallest absolute Gasteiger partial charge is 0.300 e. The van der Waals surface area contributed by atoms with Gasteiger partial charge in [0.1, 0.15) is 0 Å². The Kier molecular flexibility index (Phi) is 89.0. The van der Waals surface area contributed by atoms with Crippen LogP contribution in [0, 0.1) is 0 Å². The number of hydrogen-bond acceptors (Lipinski definition) is 2. The molecule has 7 heavy (non-hydrogen) atoms. The third-order valence-electron chi connectivity index (χ3n) is 0. The molecule has 0 bridgehead atoms. The third kappa shape index (κ3) is 114. The molecule has 0 rings (SSSR count). The van der Waals surface area contributed by atoms with Gasteiger partial charge in [-0.2, -0.15) is 0 Å². The van der Waals surface area contributed by atoms with Crippen LogP contribution < -0.4 is 6.15 Å². The monoisotopic (exact) mass is 117 g/mol. The molecule has 0 aromatic rings. The minimum atomic E-state index is -0.833. The van der Waals surface area contributed by atoms with Crippen LogP contribution in [0.1, 0.15) is 6.92 Å². The molecule has 0 heterocycles. The largest absolute Gasteiger partial charge is 0.481 e. The van der Waals surface area contributed by atoms with Crippen molar-refractivity contribution in [2.75, 3.05) is 0 Å². The van der Waals surface area contributed by atoms with Crippen LogP contribution in [-0.4, -0.2) is 11.1 Å². The first kappa shape index (κ1) is 33.6. The van der Waals surface area contributed by atoms with Crippen molar-refractivity contribution < 1.29 is 19.3 Å². The lowest BCUT2D eigenvalue weighted by atomic mass is 10.9. The number of aliphatic carboxylic acids is 1. The van der Waals surface area contributed by atoms with E-state index in [2.05, 4.69) is 0 Å². The molecule has 4 N–H and O–H groups in total. The number of carbonyl (C=O) groups is 1. The second kappa shape index (κ2) is 18.6. The van der Waals surface area contributed by atoms with Gasteiger partial charge in [0.25, 0.3) is 5.97 Å². The lowest BCUT2D eigenvalue weighted by molar-refractivity contribution is -0.134. The van der Waals surface area contributed by atoms with E-state index in [4.69, 9.17) is 9.90 Å². The molecule has 0 spiro atoms. The topological polar surface area (TPSA) is 72.3 Å². The lowest BCUT2D eigenvalue weighted by Gasteiger charge is -1.59. The van der Waals surface area contributed by atoms with Gasteiger partial charge in [-0.05, 0) is 0 Å². The summed E-state index contributed by atoms with van der Waals surface area (Å²) in [5, 5.41) is 7.42. The fourth-order valence-corrected chi connectivity index (χ4v) is 0. The molecule has 5 heteroatoms. The summed E-state index contributed by atoms with van der Waals surface area (Å²) in [6.45, 7) is 1.08. The van der Waals surface area contributed by atoms with Crippen molar-refractivity contribution in [2.24, 2.45) is 0 Å². The molecule has 0 unspecified atom stereocenters. The van der Waals surface area contributed by atoms with Crippen LogP contribution in [0.4, 0.5) is 9.41 Å². The molecule has 0 saturated heterocycles. The molecule has 0 aromatic carbocycles. The molecular formula is C2H9F2NO2. The molecule has 0 amide bonds. The van der Waals surface area contributed by atoms with E-state index in [1.54, 1.807) is 0 Å². The van der Waals surface area contributed by atoms with Crippen LogP contribution in [-0.2, 0) is 4.79 Å². The third-order valence-corrected chi connectivity index (χ3v) is 0. The van der Waals surface area contributed by atoms with Crippen molar-refractivity contribution in [1.82, 2.24) is 6.15 Å². The fourth-order valence-electron chi connectivity index (χ4n) is 0. The number of carboxylic acid groups (broad SMARTS) is 1. The van der Waals surface area contributed by atoms with Crippen molar-refractivity contribution in [3.8, 4) is 0 Å². The summed E-state index contributed by atoms with van der Waals surface area (Å²) in [4.78, 5) is 9.00. The Hall–Kier alpha value is -0.710. The highest BCUT2D eigenvalue weighted by molar-refractivity contribution is 5.62. The van der Waals surface area contributed by atoms with Crippen LogP contribution in [0.2, 0.25) is 0 Å². The Bertz CT molecular complexity index is 36.7. The highest BCUT2D eigenvalue weighted by Gasteiger charge is 1.65. The van der Waals surface area contributed by atoms with Gasteiger partial charge in [-0.3, -0.25) is 14.2 Å². The second-order valence-corrected chi connectivity index (χ2v) is 0.519. The second-order valence-electron chi connectivity index (χ2n) is 0.519. The van der Waals surface area contributed by atoms with Crippen molar-refractivity contribution in [2.45, 2.75) is 6.92 Å². The maximum absolute atomic E-state index is 9.00. The van der Waals surface area contributed by atoms with Gasteiger partial charge < -0.3 is 11.3 Å². The summed E-state index contributed by atoms with van der Waals surface area (Å²) in [5.74, 6) is -0.833. The van der Waals surface area contributed by atoms with Crippen molar-refractivity contribution in [3.63, 3.8) is 0 Å². The molecule has 0 radical (unpaired) electrons. The van der Waals surface area contributed by atoms with E-state index in [-0.39, 0.29) is 15.6 Å². The molecule has 0 aromatic heterocycles. The van der Waals surface area contributed by atoms with Crippen molar-refractivity contribution in [1.29, 1.82) is 0 Å². The van der Waals surface area contributed by atoms with Gasteiger partial charge in [-0.25, -0.2) is 0 Å². The molecule has 48 valence electrons. The highest BCUT2D eigenvalue weighted by Crippen LogP contribution is 1.42. The Balaban J connectivity index is -0.0000000150. The molecule has 0 saturated carbocycles. The first-order valence-electron chi connectivity index (χ1n) is 0.928. The van der Waals surface area contributed by atoms with Gasteiger partial charge in [0.05, 0.1) is 0 Å². The van der Waals surface area contributed by atoms with Crippen LogP contribution in [0.15, 0.2) is 0 Å². The molecule has 0 aliphatic carbocycles. The predicted molar refractivity (Wildman–Crippen MR) is 23.3 cm³/mol. The number of hydrogen-bond donors (Lipinski definition) is 2. The number of rotatable bonds is 0. The van der Waals surface area contributed by atoms with Crippen LogP contribution in [0.25, 0.3) is 0 Å². The quantitative estimate of drug-likeness (QED) is 0.486. The molecule has 0 fully saturated rings. The first-order chi connectivity index (χ1) is 1.73. The van der Waals surface area contributed by atoms with Crippen LogP contribution in [0.3, 0.4) is 0 Å². The Labute approximate surface area is 39.7 Å². The average Bonchev–Trinajstić information content (AvgIpc) is 0.811. The predicted octanol–water partition coefficient (Wildman–Crippen LogP) is 0.558. The van der Waals surface area contributed by atoms with Gasteiger partial charge >= 0.3 is 0 Å². The molecule has 0 atom stereocenters. The van der Waals surface area contributed by atoms with Crippen LogP contribution in [0.5, 0.6) is 0 Å². The normalized spacial score (nSPS) is 3.57. The summed E-state index contributed by atoms with van der Waals surface area (Å²) >= 11 is 0. The van der Waals surface area contributed by atoms with Crippen molar-refractivity contribution in [3.05, 3.63) is 0 Å². The maximum atomic E-state index is 9.00. The van der Waals surface area contributed by atoms with E-state index in [0.29, 0.717) is 0 Å². The van der Waals surface area contributed by atoms with E-state index in [1.165, 1.54) is 0 Å². The van der Waals surface area contributed by atoms with E-state index in [9.17, 15) is 0 Å². The van der Waals surface area contributed by atoms with Gasteiger partial charge in [0.15, 0.2) is 0 Å². The lowest BCUT2D eigenvalue weighted by Crippen LogP contribution is -1.78. The zero-order valence-corrected chi connectivity index (χ0v) is 3.88. The Morgan fingerprint density at radius 3 is 1.43 bits per heavy atom. The average molecular weight is 117 g/mol. The summed E-state index contributed by atoms with van der Waals surface area (Å²) < 4.78 is 0. The number of halogens is 2. The minimum absolute atomic E-state index is 0. The fraction of sp³-hybridized carbons (Fsp3) is 0.500. The first-order valence-corrected chi connectivity index (χ1v) is 0.928. The molecule has 3 nitrogen and oxygen atoms in total. The SMILES string of the molecule is CC(=O)O.F.F.N. The van der Waals surface area contributed by atoms with Crippen molar-refractivity contribution >= 4 is 5.97 Å². The summed E-state index contributed by atoms with van der Waals surface area (Å²) in [6, 6.07) is 0. The number of carboxylic acids is 1. The van der Waals surface area contributed by atoms with Crippen LogP contribution >= 0.6 is 0 Å². The highest BCUT2D eigenvalue weighted by atomic mass is 19.0. The minimum Gasteiger partial charge on any atom is -0.481 e. The maximum Gasteiger partial charge on any atom is 0.300 e. The van der Waals surface area contributed by atoms with E-state index < -0.39 is 5.97 Å². The zero-order valence-electron chi connectivity index (χ0n) is 3.88. The molecule has 0 aliphatic heterocycles.